The van der Waals surface area contributed by atoms with Crippen molar-refractivity contribution in [1.29, 1.82) is 0 Å². The normalized spacial score (nSPS) is 10.6. The zero-order valence-electron chi connectivity index (χ0n) is 8.96. The molecular formula is C12H12O3. The summed E-state index contributed by atoms with van der Waals surface area (Å²) in [5.41, 5.74) is 2.33. The Morgan fingerprint density at radius 3 is 2.73 bits per heavy atom. The Morgan fingerprint density at radius 1 is 1.33 bits per heavy atom. The third-order valence-electron chi connectivity index (χ3n) is 2.41. The van der Waals surface area contributed by atoms with Gasteiger partial charge < -0.3 is 9.15 Å². The Kier molecular flexibility index (Phi) is 2.23. The largest absolute Gasteiger partial charge is 0.465 e. The van der Waals surface area contributed by atoms with Crippen LogP contribution >= 0.6 is 0 Å². The van der Waals surface area contributed by atoms with Crippen molar-refractivity contribution < 1.29 is 13.9 Å². The van der Waals surface area contributed by atoms with E-state index in [9.17, 15) is 4.79 Å². The van der Waals surface area contributed by atoms with Gasteiger partial charge in [0.15, 0.2) is 0 Å². The predicted octanol–water partition coefficient (Wildman–Crippen LogP) is 2.84. The molecule has 0 atom stereocenters. The quantitative estimate of drug-likeness (QED) is 0.670. The molecule has 0 fully saturated rings. The van der Waals surface area contributed by atoms with E-state index in [1.165, 1.54) is 7.11 Å². The Labute approximate surface area is 87.6 Å². The van der Waals surface area contributed by atoms with E-state index in [2.05, 4.69) is 0 Å². The number of carbonyl (C=O) groups excluding carboxylic acids is 1. The highest BCUT2D eigenvalue weighted by molar-refractivity contribution is 6.04. The van der Waals surface area contributed by atoms with E-state index in [0.29, 0.717) is 5.56 Å². The second-order valence-corrected chi connectivity index (χ2v) is 3.52. The van der Waals surface area contributed by atoms with Crippen LogP contribution < -0.4 is 0 Å². The molecule has 15 heavy (non-hydrogen) atoms. The van der Waals surface area contributed by atoms with Crippen molar-refractivity contribution in [2.24, 2.45) is 0 Å². The molecule has 0 unspecified atom stereocenters. The van der Waals surface area contributed by atoms with Crippen LogP contribution in [-0.4, -0.2) is 13.1 Å². The van der Waals surface area contributed by atoms with Crippen molar-refractivity contribution in [2.45, 2.75) is 13.8 Å². The summed E-state index contributed by atoms with van der Waals surface area (Å²) in [6.45, 7) is 3.81. The molecule has 0 aliphatic carbocycles. The summed E-state index contributed by atoms with van der Waals surface area (Å²) < 4.78 is 10.2. The van der Waals surface area contributed by atoms with Crippen molar-refractivity contribution in [1.82, 2.24) is 0 Å². The predicted molar refractivity (Wildman–Crippen MR) is 57.0 cm³/mol. The molecule has 0 N–H and O–H groups in total. The fourth-order valence-electron chi connectivity index (χ4n) is 1.67. The lowest BCUT2D eigenvalue weighted by Crippen LogP contribution is -2.01. The van der Waals surface area contributed by atoms with Crippen LogP contribution in [0.5, 0.6) is 0 Å². The molecule has 0 aliphatic heterocycles. The maximum atomic E-state index is 11.5. The third-order valence-corrected chi connectivity index (χ3v) is 2.41. The second kappa shape index (κ2) is 3.42. The molecule has 0 radical (unpaired) electrons. The second-order valence-electron chi connectivity index (χ2n) is 3.52. The summed E-state index contributed by atoms with van der Waals surface area (Å²) >= 11 is 0. The van der Waals surface area contributed by atoms with Gasteiger partial charge in [-0.1, -0.05) is 6.07 Å². The summed E-state index contributed by atoms with van der Waals surface area (Å²) in [4.78, 5) is 11.5. The summed E-state index contributed by atoms with van der Waals surface area (Å²) in [5, 5.41) is 0.819. The van der Waals surface area contributed by atoms with Gasteiger partial charge >= 0.3 is 5.97 Å². The zero-order valence-corrected chi connectivity index (χ0v) is 8.96. The number of aryl methyl sites for hydroxylation is 2. The van der Waals surface area contributed by atoms with Gasteiger partial charge in [0.2, 0.25) is 0 Å². The van der Waals surface area contributed by atoms with Crippen molar-refractivity contribution >= 4 is 16.9 Å². The Bertz CT molecular complexity index is 523. The van der Waals surface area contributed by atoms with Gasteiger partial charge in [0.1, 0.15) is 11.3 Å². The minimum atomic E-state index is -0.333. The lowest BCUT2D eigenvalue weighted by atomic mass is 10.1. The summed E-state index contributed by atoms with van der Waals surface area (Å²) in [5.74, 6) is 0.463. The molecule has 1 heterocycles. The number of methoxy groups -OCH3 is 1. The van der Waals surface area contributed by atoms with Gasteiger partial charge in [-0.2, -0.15) is 0 Å². The van der Waals surface area contributed by atoms with E-state index in [4.69, 9.17) is 9.15 Å². The Hall–Kier alpha value is -1.77. The van der Waals surface area contributed by atoms with Crippen LogP contribution in [0.15, 0.2) is 22.6 Å². The number of ether oxygens (including phenoxy) is 1. The van der Waals surface area contributed by atoms with Crippen LogP contribution in [0.3, 0.4) is 0 Å². The lowest BCUT2D eigenvalue weighted by Gasteiger charge is -2.01. The van der Waals surface area contributed by atoms with Gasteiger partial charge in [0.05, 0.1) is 12.7 Å². The maximum absolute atomic E-state index is 11.5. The molecule has 0 amide bonds. The van der Waals surface area contributed by atoms with Gasteiger partial charge in [-0.05, 0) is 31.5 Å². The highest BCUT2D eigenvalue weighted by Crippen LogP contribution is 2.26. The number of esters is 1. The van der Waals surface area contributed by atoms with Crippen LogP contribution in [0.1, 0.15) is 21.7 Å². The molecule has 0 aliphatic rings. The van der Waals surface area contributed by atoms with Gasteiger partial charge in [0.25, 0.3) is 0 Å². The number of rotatable bonds is 1. The average Bonchev–Trinajstić information content (AvgIpc) is 2.60. The molecule has 2 rings (SSSR count). The fourth-order valence-corrected chi connectivity index (χ4v) is 1.67. The van der Waals surface area contributed by atoms with Crippen molar-refractivity contribution in [2.75, 3.05) is 7.11 Å². The number of benzene rings is 1. The molecule has 0 spiro atoms. The van der Waals surface area contributed by atoms with Crippen LogP contribution in [0, 0.1) is 13.8 Å². The number of fused-ring (bicyclic) bond motifs is 1. The number of carbonyl (C=O) groups is 1. The highest BCUT2D eigenvalue weighted by atomic mass is 16.5. The molecule has 0 saturated carbocycles. The van der Waals surface area contributed by atoms with Crippen LogP contribution in [0.2, 0.25) is 0 Å². The fraction of sp³-hybridized carbons (Fsp3) is 0.250. The molecule has 0 saturated heterocycles. The first-order chi connectivity index (χ1) is 7.13. The average molecular weight is 204 g/mol. The zero-order chi connectivity index (χ0) is 11.0. The first kappa shape index (κ1) is 9.77. The first-order valence-electron chi connectivity index (χ1n) is 4.71. The van der Waals surface area contributed by atoms with Crippen molar-refractivity contribution in [3.05, 3.63) is 35.1 Å². The van der Waals surface area contributed by atoms with Crippen LogP contribution in [0.25, 0.3) is 11.0 Å². The molecule has 1 aromatic heterocycles. The van der Waals surface area contributed by atoms with E-state index in [1.54, 1.807) is 6.07 Å². The molecule has 0 bridgehead atoms. The van der Waals surface area contributed by atoms with Gasteiger partial charge in [0, 0.05) is 5.39 Å². The lowest BCUT2D eigenvalue weighted by molar-refractivity contribution is 0.0603. The van der Waals surface area contributed by atoms with E-state index in [0.717, 1.165) is 22.3 Å². The van der Waals surface area contributed by atoms with Gasteiger partial charge in [-0.25, -0.2) is 4.79 Å². The molecule has 1 aromatic carbocycles. The van der Waals surface area contributed by atoms with Crippen LogP contribution in [0.4, 0.5) is 0 Å². The molecular weight excluding hydrogens is 192 g/mol. The summed E-state index contributed by atoms with van der Waals surface area (Å²) in [6.07, 6.45) is 0. The monoisotopic (exact) mass is 204 g/mol. The Morgan fingerprint density at radius 2 is 2.07 bits per heavy atom. The minimum Gasteiger partial charge on any atom is -0.465 e. The molecule has 78 valence electrons. The Balaban J connectivity index is 2.76. The third kappa shape index (κ3) is 1.50. The summed E-state index contributed by atoms with van der Waals surface area (Å²) in [6, 6.07) is 5.48. The van der Waals surface area contributed by atoms with Gasteiger partial charge in [-0.15, -0.1) is 0 Å². The molecule has 3 heteroatoms. The van der Waals surface area contributed by atoms with Crippen molar-refractivity contribution in [3.63, 3.8) is 0 Å². The van der Waals surface area contributed by atoms with E-state index in [1.807, 2.05) is 26.0 Å². The van der Waals surface area contributed by atoms with Crippen molar-refractivity contribution in [3.8, 4) is 0 Å². The SMILES string of the molecule is COC(=O)c1ccc(C)c2oc(C)cc12. The van der Waals surface area contributed by atoms with E-state index < -0.39 is 0 Å². The summed E-state index contributed by atoms with van der Waals surface area (Å²) in [7, 11) is 1.38. The number of hydrogen-bond donors (Lipinski definition) is 0. The standard InChI is InChI=1S/C12H12O3/c1-7-4-5-9(12(13)14-3)10-6-8(2)15-11(7)10/h4-6H,1-3H3. The molecule has 3 nitrogen and oxygen atoms in total. The van der Waals surface area contributed by atoms with Crippen LogP contribution in [-0.2, 0) is 4.74 Å². The smallest absolute Gasteiger partial charge is 0.338 e. The first-order valence-corrected chi connectivity index (χ1v) is 4.71. The van der Waals surface area contributed by atoms with E-state index in [-0.39, 0.29) is 5.97 Å². The number of hydrogen-bond acceptors (Lipinski definition) is 3. The van der Waals surface area contributed by atoms with E-state index >= 15 is 0 Å². The molecule has 2 aromatic rings. The highest BCUT2D eigenvalue weighted by Gasteiger charge is 2.14. The topological polar surface area (TPSA) is 39.4 Å². The van der Waals surface area contributed by atoms with Gasteiger partial charge in [-0.3, -0.25) is 0 Å². The minimum absolute atomic E-state index is 0.333. The maximum Gasteiger partial charge on any atom is 0.338 e. The number of furan rings is 1.